The molecule has 4 aromatic heterocycles. The Labute approximate surface area is 251 Å². The third kappa shape index (κ3) is 5.65. The van der Waals surface area contributed by atoms with E-state index in [1.807, 2.05) is 48.5 Å². The van der Waals surface area contributed by atoms with Gasteiger partial charge in [0.15, 0.2) is 17.3 Å². The average Bonchev–Trinajstić information content (AvgIpc) is 3.80. The van der Waals surface area contributed by atoms with Crippen LogP contribution in [0.1, 0.15) is 37.3 Å². The number of imidazole rings is 1. The normalized spacial score (nSPS) is 17.8. The number of nitrogens with one attached hydrogen (secondary N) is 1. The Morgan fingerprint density at radius 3 is 2.70 bits per heavy atom. The number of likely N-dealkylation sites (tertiary alicyclic amines) is 1. The molecule has 2 atom stereocenters. The molecule has 3 N–H and O–H groups in total. The second-order valence-electron chi connectivity index (χ2n) is 11.1. The van der Waals surface area contributed by atoms with Crippen molar-refractivity contribution in [1.29, 1.82) is 0 Å². The van der Waals surface area contributed by atoms with E-state index in [1.165, 1.54) is 23.6 Å². The molecule has 0 radical (unpaired) electrons. The van der Waals surface area contributed by atoms with Crippen LogP contribution in [-0.2, 0) is 17.6 Å². The smallest absolute Gasteiger partial charge is 0.246 e. The molecule has 1 saturated heterocycles. The maximum Gasteiger partial charge on any atom is 0.246 e. The first kappa shape index (κ1) is 28.3. The number of fused-ring (bicyclic) bond motifs is 2. The number of pyridine rings is 2. The Bertz CT molecular complexity index is 1760. The molecule has 1 aliphatic heterocycles. The molecule has 5 heterocycles. The predicted octanol–water partition coefficient (Wildman–Crippen LogP) is 4.51. The third-order valence-corrected chi connectivity index (χ3v) is 8.39. The number of nitrogens with zero attached hydrogens (tertiary/aromatic N) is 7. The first-order chi connectivity index (χ1) is 21.0. The van der Waals surface area contributed by atoms with Crippen LogP contribution in [0.3, 0.4) is 0 Å². The van der Waals surface area contributed by atoms with Crippen molar-refractivity contribution in [2.75, 3.05) is 19.3 Å². The molecule has 0 spiro atoms. The van der Waals surface area contributed by atoms with Crippen molar-refractivity contribution in [3.05, 3.63) is 90.9 Å². The number of rotatable bonds is 5. The van der Waals surface area contributed by atoms with E-state index in [0.29, 0.717) is 17.9 Å². The number of carbonyl (C=O) groups is 1. The number of anilines is 1. The number of piperidine rings is 1. The first-order valence-electron chi connectivity index (χ1n) is 14.8. The fourth-order valence-corrected chi connectivity index (χ4v) is 6.09. The van der Waals surface area contributed by atoms with E-state index >= 15 is 0 Å². The fraction of sp³-hybridized carbons (Fsp3) is 0.303. The summed E-state index contributed by atoms with van der Waals surface area (Å²) in [4.78, 5) is 27.3. The SMILES string of the molecule is C=CC(=O)N1CCC(NC)CC1C.Nc1ncccc1-c1nc2ccc(-n3cccn3)nc2n1-c1ccc2c(c1)CCC2. The Morgan fingerprint density at radius 2 is 1.95 bits per heavy atom. The van der Waals surface area contributed by atoms with E-state index in [1.54, 1.807) is 17.1 Å². The van der Waals surface area contributed by atoms with Crippen LogP contribution < -0.4 is 11.1 Å². The number of hydrogen-bond donors (Lipinski definition) is 2. The summed E-state index contributed by atoms with van der Waals surface area (Å²) in [6, 6.07) is 17.1. The van der Waals surface area contributed by atoms with Crippen LogP contribution >= 0.6 is 0 Å². The number of aromatic nitrogens is 6. The van der Waals surface area contributed by atoms with E-state index in [-0.39, 0.29) is 5.91 Å². The molecule has 7 rings (SSSR count). The lowest BCUT2D eigenvalue weighted by atomic mass is 9.98. The Hall–Kier alpha value is -4.83. The summed E-state index contributed by atoms with van der Waals surface area (Å²) in [6.45, 7) is 6.44. The quantitative estimate of drug-likeness (QED) is 0.296. The van der Waals surface area contributed by atoms with Crippen LogP contribution in [0.4, 0.5) is 5.82 Å². The molecule has 10 heteroatoms. The van der Waals surface area contributed by atoms with Crippen molar-refractivity contribution >= 4 is 22.9 Å². The molecule has 0 saturated carbocycles. The van der Waals surface area contributed by atoms with Gasteiger partial charge in [-0.1, -0.05) is 12.6 Å². The molecule has 10 nitrogen and oxygen atoms in total. The van der Waals surface area contributed by atoms with Gasteiger partial charge in [0.25, 0.3) is 0 Å². The summed E-state index contributed by atoms with van der Waals surface area (Å²) < 4.78 is 3.83. The van der Waals surface area contributed by atoms with Gasteiger partial charge in [0.2, 0.25) is 5.91 Å². The Kier molecular flexibility index (Phi) is 8.02. The Morgan fingerprint density at radius 1 is 1.09 bits per heavy atom. The lowest BCUT2D eigenvalue weighted by Gasteiger charge is -2.37. The minimum atomic E-state index is 0.0575. The highest BCUT2D eigenvalue weighted by Gasteiger charge is 2.26. The monoisotopic (exact) mass is 575 g/mol. The highest BCUT2D eigenvalue weighted by Crippen LogP contribution is 2.32. The van der Waals surface area contributed by atoms with Gasteiger partial charge in [-0.15, -0.1) is 0 Å². The van der Waals surface area contributed by atoms with Gasteiger partial charge in [0.1, 0.15) is 11.3 Å². The summed E-state index contributed by atoms with van der Waals surface area (Å²) in [6.07, 6.45) is 12.2. The van der Waals surface area contributed by atoms with Gasteiger partial charge >= 0.3 is 0 Å². The molecular weight excluding hydrogens is 538 g/mol. The minimum Gasteiger partial charge on any atom is -0.383 e. The number of benzene rings is 1. The molecule has 5 aromatic rings. The molecular formula is C33H37N9O. The standard InChI is InChI=1S/C23H19N7.C10H18N2O/c24-21-18(6-2-11-25-21)22-27-19-9-10-20(29-13-3-12-26-29)28-23(19)30(22)17-8-7-15-4-1-5-16(15)14-17;1-4-10(13)12-6-5-9(11-3)7-8(12)2/h2-3,6-14H,1,4-5H2,(H2,24,25);4,8-9,11H,1,5-7H2,2-3H3. The van der Waals surface area contributed by atoms with E-state index < -0.39 is 0 Å². The number of hydrogen-bond acceptors (Lipinski definition) is 7. The molecule has 1 amide bonds. The van der Waals surface area contributed by atoms with Crippen LogP contribution in [0.25, 0.3) is 34.1 Å². The Balaban J connectivity index is 0.000000214. The molecule has 220 valence electrons. The van der Waals surface area contributed by atoms with E-state index in [2.05, 4.69) is 51.7 Å². The number of amides is 1. The maximum atomic E-state index is 11.4. The van der Waals surface area contributed by atoms with Gasteiger partial charge in [-0.2, -0.15) is 5.10 Å². The van der Waals surface area contributed by atoms with Crippen molar-refractivity contribution in [3.8, 4) is 22.9 Å². The minimum absolute atomic E-state index is 0.0575. The van der Waals surface area contributed by atoms with E-state index in [0.717, 1.165) is 66.3 Å². The molecule has 1 aliphatic carbocycles. The highest BCUT2D eigenvalue weighted by atomic mass is 16.2. The average molecular weight is 576 g/mol. The molecule has 43 heavy (non-hydrogen) atoms. The van der Waals surface area contributed by atoms with E-state index in [9.17, 15) is 4.79 Å². The number of nitrogen functional groups attached to an aromatic ring is 1. The van der Waals surface area contributed by atoms with Crippen LogP contribution in [0.5, 0.6) is 0 Å². The zero-order valence-electron chi connectivity index (χ0n) is 24.6. The molecule has 1 fully saturated rings. The lowest BCUT2D eigenvalue weighted by molar-refractivity contribution is -0.129. The lowest BCUT2D eigenvalue weighted by Crippen LogP contribution is -2.48. The highest BCUT2D eigenvalue weighted by molar-refractivity contribution is 5.87. The topological polar surface area (TPSA) is 120 Å². The van der Waals surface area contributed by atoms with Gasteiger partial charge in [-0.25, -0.2) is 19.6 Å². The summed E-state index contributed by atoms with van der Waals surface area (Å²) >= 11 is 0. The summed E-state index contributed by atoms with van der Waals surface area (Å²) in [5.74, 6) is 1.98. The zero-order chi connectivity index (χ0) is 29.9. The van der Waals surface area contributed by atoms with Crippen LogP contribution in [0.2, 0.25) is 0 Å². The second-order valence-corrected chi connectivity index (χ2v) is 11.1. The van der Waals surface area contributed by atoms with Gasteiger partial charge < -0.3 is 16.0 Å². The van der Waals surface area contributed by atoms with Crippen molar-refractivity contribution in [1.82, 2.24) is 39.5 Å². The van der Waals surface area contributed by atoms with Crippen LogP contribution in [0.15, 0.2) is 79.8 Å². The van der Waals surface area contributed by atoms with Crippen molar-refractivity contribution in [2.24, 2.45) is 0 Å². The van der Waals surface area contributed by atoms with Crippen LogP contribution in [-0.4, -0.2) is 65.8 Å². The van der Waals surface area contributed by atoms with Crippen molar-refractivity contribution < 1.29 is 4.79 Å². The molecule has 2 unspecified atom stereocenters. The fourth-order valence-electron chi connectivity index (χ4n) is 6.09. The summed E-state index contributed by atoms with van der Waals surface area (Å²) in [5.41, 5.74) is 12.4. The summed E-state index contributed by atoms with van der Waals surface area (Å²) in [5, 5.41) is 7.56. The van der Waals surface area contributed by atoms with E-state index in [4.69, 9.17) is 15.7 Å². The molecule has 1 aromatic carbocycles. The molecule has 0 bridgehead atoms. The van der Waals surface area contributed by atoms with Gasteiger partial charge in [-0.3, -0.25) is 9.36 Å². The maximum absolute atomic E-state index is 11.4. The number of aryl methyl sites for hydroxylation is 2. The van der Waals surface area contributed by atoms with Gasteiger partial charge in [0, 0.05) is 42.9 Å². The second kappa shape index (κ2) is 12.2. The zero-order valence-corrected chi connectivity index (χ0v) is 24.6. The van der Waals surface area contributed by atoms with Crippen molar-refractivity contribution in [3.63, 3.8) is 0 Å². The molecule has 2 aliphatic rings. The number of carbonyl (C=O) groups excluding carboxylic acids is 1. The van der Waals surface area contributed by atoms with Crippen LogP contribution in [0, 0.1) is 0 Å². The van der Waals surface area contributed by atoms with Gasteiger partial charge in [-0.05, 0) is 106 Å². The predicted molar refractivity (Wildman–Crippen MR) is 169 cm³/mol. The van der Waals surface area contributed by atoms with Crippen molar-refractivity contribution in [2.45, 2.75) is 51.1 Å². The first-order valence-corrected chi connectivity index (χ1v) is 14.8. The third-order valence-electron chi connectivity index (χ3n) is 8.39. The summed E-state index contributed by atoms with van der Waals surface area (Å²) in [7, 11) is 1.97. The largest absolute Gasteiger partial charge is 0.383 e. The van der Waals surface area contributed by atoms with Gasteiger partial charge in [0.05, 0.1) is 5.56 Å². The number of nitrogens with two attached hydrogens (primary N) is 1.